The minimum absolute atomic E-state index is 0. The SMILES string of the molecule is C1CNCCN1.CC(C)(CO)CO.N. The molecule has 0 unspecified atom stereocenters. The van der Waals surface area contributed by atoms with Crippen LogP contribution in [0.3, 0.4) is 0 Å². The molecule has 0 radical (unpaired) electrons. The highest BCUT2D eigenvalue weighted by atomic mass is 16.3. The molecule has 0 atom stereocenters. The maximum absolute atomic E-state index is 8.43. The highest BCUT2D eigenvalue weighted by molar-refractivity contribution is 4.63. The summed E-state index contributed by atoms with van der Waals surface area (Å²) >= 11 is 0. The average molecular weight is 207 g/mol. The Kier molecular flexibility index (Phi) is 10.9. The molecular formula is C9H25N3O2. The fourth-order valence-electron chi connectivity index (χ4n) is 0.654. The Hall–Kier alpha value is -0.200. The predicted molar refractivity (Wildman–Crippen MR) is 58.7 cm³/mol. The maximum Gasteiger partial charge on any atom is 0.0504 e. The van der Waals surface area contributed by atoms with Gasteiger partial charge in [-0.3, -0.25) is 0 Å². The first-order chi connectivity index (χ1) is 6.12. The standard InChI is InChI=1S/C5H12O2.C4H10N2.H3N/c1-5(2,3-6)4-7;1-2-6-4-3-5-1;/h6-7H,3-4H2,1-2H3;5-6H,1-4H2;1H3. The van der Waals surface area contributed by atoms with Gasteiger partial charge in [0.05, 0.1) is 13.2 Å². The Balaban J connectivity index is 0. The largest absolute Gasteiger partial charge is 0.396 e. The van der Waals surface area contributed by atoms with Gasteiger partial charge >= 0.3 is 0 Å². The van der Waals surface area contributed by atoms with E-state index in [0.29, 0.717) is 0 Å². The van der Waals surface area contributed by atoms with Crippen molar-refractivity contribution >= 4 is 0 Å². The highest BCUT2D eigenvalue weighted by Gasteiger charge is 2.13. The first kappa shape index (κ1) is 16.2. The number of aliphatic hydroxyl groups excluding tert-OH is 2. The van der Waals surface area contributed by atoms with Crippen LogP contribution in [-0.2, 0) is 0 Å². The second-order valence-corrected chi connectivity index (χ2v) is 3.98. The third-order valence-corrected chi connectivity index (χ3v) is 1.81. The van der Waals surface area contributed by atoms with Crippen LogP contribution < -0.4 is 16.8 Å². The van der Waals surface area contributed by atoms with Gasteiger partial charge in [0.1, 0.15) is 0 Å². The Labute approximate surface area is 86.5 Å². The summed E-state index contributed by atoms with van der Waals surface area (Å²) in [5.74, 6) is 0. The molecule has 1 heterocycles. The molecule has 0 aromatic heterocycles. The molecule has 0 saturated carbocycles. The van der Waals surface area contributed by atoms with E-state index < -0.39 is 0 Å². The van der Waals surface area contributed by atoms with Crippen molar-refractivity contribution in [1.29, 1.82) is 0 Å². The molecule has 88 valence electrons. The molecule has 1 aliphatic heterocycles. The lowest BCUT2D eigenvalue weighted by Gasteiger charge is -2.16. The summed E-state index contributed by atoms with van der Waals surface area (Å²) in [6.07, 6.45) is 0. The summed E-state index contributed by atoms with van der Waals surface area (Å²) in [5, 5.41) is 23.3. The molecule has 1 fully saturated rings. The van der Waals surface area contributed by atoms with Gasteiger partial charge in [0.15, 0.2) is 0 Å². The van der Waals surface area contributed by atoms with Crippen LogP contribution in [0.2, 0.25) is 0 Å². The van der Waals surface area contributed by atoms with E-state index in [2.05, 4.69) is 10.6 Å². The first-order valence-electron chi connectivity index (χ1n) is 4.75. The second kappa shape index (κ2) is 9.36. The number of nitrogens with one attached hydrogen (secondary N) is 2. The smallest absolute Gasteiger partial charge is 0.0504 e. The molecule has 0 spiro atoms. The van der Waals surface area contributed by atoms with Gasteiger partial charge in [-0.15, -0.1) is 0 Å². The third-order valence-electron chi connectivity index (χ3n) is 1.81. The van der Waals surface area contributed by atoms with Crippen molar-refractivity contribution in [2.45, 2.75) is 13.8 Å². The van der Waals surface area contributed by atoms with Gasteiger partial charge in [0.25, 0.3) is 0 Å². The lowest BCUT2D eigenvalue weighted by Crippen LogP contribution is -2.39. The third kappa shape index (κ3) is 9.88. The van der Waals surface area contributed by atoms with Crippen LogP contribution in [0.1, 0.15) is 13.8 Å². The van der Waals surface area contributed by atoms with Gasteiger partial charge in [0, 0.05) is 31.6 Å². The molecule has 0 aliphatic carbocycles. The van der Waals surface area contributed by atoms with Crippen LogP contribution in [0, 0.1) is 5.41 Å². The van der Waals surface area contributed by atoms with Crippen LogP contribution >= 0.6 is 0 Å². The van der Waals surface area contributed by atoms with Crippen molar-refractivity contribution < 1.29 is 10.2 Å². The summed E-state index contributed by atoms with van der Waals surface area (Å²) in [6, 6.07) is 0. The molecule has 1 saturated heterocycles. The molecule has 0 amide bonds. The minimum atomic E-state index is -0.306. The van der Waals surface area contributed by atoms with Gasteiger partial charge in [-0.1, -0.05) is 13.8 Å². The van der Waals surface area contributed by atoms with E-state index in [0.717, 1.165) is 26.2 Å². The van der Waals surface area contributed by atoms with Gasteiger partial charge in [0.2, 0.25) is 0 Å². The summed E-state index contributed by atoms with van der Waals surface area (Å²) in [5.41, 5.74) is -0.306. The van der Waals surface area contributed by atoms with Crippen LogP contribution in [0.4, 0.5) is 0 Å². The zero-order chi connectivity index (χ0) is 10.2. The zero-order valence-electron chi connectivity index (χ0n) is 9.34. The van der Waals surface area contributed by atoms with Crippen molar-refractivity contribution in [2.24, 2.45) is 5.41 Å². The normalized spacial score (nSPS) is 16.3. The fraction of sp³-hybridized carbons (Fsp3) is 1.00. The minimum Gasteiger partial charge on any atom is -0.396 e. The maximum atomic E-state index is 8.43. The molecule has 5 nitrogen and oxygen atoms in total. The average Bonchev–Trinajstić information content (AvgIpc) is 2.21. The number of hydrogen-bond donors (Lipinski definition) is 5. The monoisotopic (exact) mass is 207 g/mol. The summed E-state index contributed by atoms with van der Waals surface area (Å²) in [4.78, 5) is 0. The number of rotatable bonds is 2. The van der Waals surface area contributed by atoms with Crippen molar-refractivity contribution in [3.63, 3.8) is 0 Å². The van der Waals surface area contributed by atoms with E-state index in [4.69, 9.17) is 10.2 Å². The van der Waals surface area contributed by atoms with Crippen LogP contribution in [0.25, 0.3) is 0 Å². The number of hydrogen-bond acceptors (Lipinski definition) is 5. The summed E-state index contributed by atoms with van der Waals surface area (Å²) < 4.78 is 0. The van der Waals surface area contributed by atoms with Gasteiger partial charge in [-0.2, -0.15) is 0 Å². The molecule has 1 rings (SSSR count). The van der Waals surface area contributed by atoms with Crippen LogP contribution in [-0.4, -0.2) is 49.6 Å². The lowest BCUT2D eigenvalue weighted by atomic mass is 9.97. The number of piperazine rings is 1. The first-order valence-corrected chi connectivity index (χ1v) is 4.75. The Bertz CT molecular complexity index is 99.1. The highest BCUT2D eigenvalue weighted by Crippen LogP contribution is 2.10. The zero-order valence-corrected chi connectivity index (χ0v) is 9.34. The van der Waals surface area contributed by atoms with Crippen molar-refractivity contribution in [3.05, 3.63) is 0 Å². The van der Waals surface area contributed by atoms with Crippen LogP contribution in [0.5, 0.6) is 0 Å². The molecule has 0 aromatic carbocycles. The van der Waals surface area contributed by atoms with Gasteiger partial charge < -0.3 is 27.0 Å². The van der Waals surface area contributed by atoms with E-state index in [1.165, 1.54) is 0 Å². The second-order valence-electron chi connectivity index (χ2n) is 3.98. The molecule has 0 bridgehead atoms. The van der Waals surface area contributed by atoms with Gasteiger partial charge in [-0.05, 0) is 0 Å². The molecule has 1 aliphatic rings. The molecule has 5 heteroatoms. The van der Waals surface area contributed by atoms with Crippen LogP contribution in [0.15, 0.2) is 0 Å². The fourth-order valence-corrected chi connectivity index (χ4v) is 0.654. The van der Waals surface area contributed by atoms with E-state index in [9.17, 15) is 0 Å². The van der Waals surface area contributed by atoms with E-state index in [-0.39, 0.29) is 24.8 Å². The lowest BCUT2D eigenvalue weighted by molar-refractivity contribution is 0.0857. The predicted octanol–water partition coefficient (Wildman–Crippen LogP) is -0.662. The molecule has 7 N–H and O–H groups in total. The Morgan fingerprint density at radius 1 is 0.929 bits per heavy atom. The summed E-state index contributed by atoms with van der Waals surface area (Å²) in [6.45, 7) is 8.24. The topological polar surface area (TPSA) is 99.5 Å². The summed E-state index contributed by atoms with van der Waals surface area (Å²) in [7, 11) is 0. The van der Waals surface area contributed by atoms with E-state index in [1.54, 1.807) is 13.8 Å². The number of aliphatic hydroxyl groups is 2. The van der Waals surface area contributed by atoms with E-state index in [1.807, 2.05) is 0 Å². The van der Waals surface area contributed by atoms with Crippen molar-refractivity contribution in [3.8, 4) is 0 Å². The van der Waals surface area contributed by atoms with E-state index >= 15 is 0 Å². The molecule has 0 aromatic rings. The molecular weight excluding hydrogens is 182 g/mol. The quantitative estimate of drug-likeness (QED) is 0.414. The Morgan fingerprint density at radius 3 is 1.29 bits per heavy atom. The van der Waals surface area contributed by atoms with Crippen molar-refractivity contribution in [2.75, 3.05) is 39.4 Å². The van der Waals surface area contributed by atoms with Crippen molar-refractivity contribution in [1.82, 2.24) is 16.8 Å². The Morgan fingerprint density at radius 2 is 1.21 bits per heavy atom. The molecule has 14 heavy (non-hydrogen) atoms. The van der Waals surface area contributed by atoms with Gasteiger partial charge in [-0.25, -0.2) is 0 Å².